The monoisotopic (exact) mass is 435 g/mol. The predicted molar refractivity (Wildman–Crippen MR) is 130 cm³/mol. The van der Waals surface area contributed by atoms with Crippen molar-refractivity contribution in [1.29, 1.82) is 0 Å². The van der Waals surface area contributed by atoms with Crippen molar-refractivity contribution in [2.75, 3.05) is 44.6 Å². The van der Waals surface area contributed by atoms with Gasteiger partial charge in [-0.05, 0) is 86.1 Å². The van der Waals surface area contributed by atoms with Gasteiger partial charge in [-0.1, -0.05) is 24.6 Å². The molecule has 1 amide bonds. The molecule has 0 saturated carbocycles. The number of rotatable bonds is 8. The molecule has 1 fully saturated rings. The van der Waals surface area contributed by atoms with E-state index in [4.69, 9.17) is 4.74 Å². The van der Waals surface area contributed by atoms with Gasteiger partial charge in [-0.25, -0.2) is 0 Å². The Morgan fingerprint density at radius 2 is 1.66 bits per heavy atom. The highest BCUT2D eigenvalue weighted by atomic mass is 16.5. The molecule has 0 atom stereocenters. The van der Waals surface area contributed by atoms with Crippen molar-refractivity contribution in [1.82, 2.24) is 9.80 Å². The highest BCUT2D eigenvalue weighted by Crippen LogP contribution is 2.23. The largest absolute Gasteiger partial charge is 0.494 e. The van der Waals surface area contributed by atoms with Gasteiger partial charge >= 0.3 is 0 Å². The topological polar surface area (TPSA) is 44.8 Å². The number of benzene rings is 2. The average molecular weight is 436 g/mol. The number of carbonyl (C=O) groups is 1. The Bertz CT molecular complexity index is 875. The molecule has 172 valence electrons. The van der Waals surface area contributed by atoms with Crippen molar-refractivity contribution < 1.29 is 9.53 Å². The molecular formula is C27H37N3O2. The Morgan fingerprint density at radius 3 is 2.41 bits per heavy atom. The van der Waals surface area contributed by atoms with Crippen LogP contribution in [0.4, 0.5) is 5.69 Å². The Kier molecular flexibility index (Phi) is 8.18. The number of carbonyl (C=O) groups excluding carboxylic acids is 1. The first-order chi connectivity index (χ1) is 15.7. The first-order valence-electron chi connectivity index (χ1n) is 12.2. The van der Waals surface area contributed by atoms with Gasteiger partial charge in [0.2, 0.25) is 5.91 Å². The number of amides is 1. The fourth-order valence-electron chi connectivity index (χ4n) is 4.81. The summed E-state index contributed by atoms with van der Waals surface area (Å²) in [4.78, 5) is 16.3. The molecule has 4 rings (SSSR count). The van der Waals surface area contributed by atoms with Crippen molar-refractivity contribution in [2.24, 2.45) is 0 Å². The maximum atomic E-state index is 11.2. The summed E-state index contributed by atoms with van der Waals surface area (Å²) in [5.74, 6) is 0.984. The van der Waals surface area contributed by atoms with E-state index in [2.05, 4.69) is 45.4 Å². The number of nitrogens with zero attached hydrogens (tertiary/aromatic N) is 2. The van der Waals surface area contributed by atoms with Crippen LogP contribution in [0.3, 0.4) is 0 Å². The predicted octanol–water partition coefficient (Wildman–Crippen LogP) is 4.50. The molecule has 5 heteroatoms. The first-order valence-corrected chi connectivity index (χ1v) is 12.2. The third-order valence-corrected chi connectivity index (χ3v) is 6.59. The lowest BCUT2D eigenvalue weighted by molar-refractivity contribution is -0.114. The fourth-order valence-corrected chi connectivity index (χ4v) is 4.81. The van der Waals surface area contributed by atoms with E-state index in [1.54, 1.807) is 0 Å². The van der Waals surface area contributed by atoms with Gasteiger partial charge < -0.3 is 15.0 Å². The lowest BCUT2D eigenvalue weighted by Crippen LogP contribution is -2.31. The average Bonchev–Trinajstić information content (AvgIpc) is 3.00. The standard InChI is InChI=1S/C27H37N3O2/c1-22(31)28-26-9-6-23(7-10-26)21-30-17-12-24-8-11-27(20-25(24)13-18-30)32-19-5-16-29-14-3-2-4-15-29/h6-11,20H,2-5,12-19,21H2,1H3,(H,28,31). The van der Waals surface area contributed by atoms with Crippen LogP contribution in [-0.4, -0.2) is 55.0 Å². The molecule has 2 aromatic carbocycles. The van der Waals surface area contributed by atoms with Gasteiger partial charge in [0.1, 0.15) is 5.75 Å². The minimum absolute atomic E-state index is 0.0339. The number of anilines is 1. The first kappa shape index (κ1) is 22.8. The van der Waals surface area contributed by atoms with Crippen LogP contribution in [-0.2, 0) is 24.2 Å². The molecule has 2 aliphatic heterocycles. The molecule has 32 heavy (non-hydrogen) atoms. The van der Waals surface area contributed by atoms with E-state index in [9.17, 15) is 4.79 Å². The number of hydrogen-bond donors (Lipinski definition) is 1. The van der Waals surface area contributed by atoms with Crippen LogP contribution in [0.15, 0.2) is 42.5 Å². The summed E-state index contributed by atoms with van der Waals surface area (Å²) in [7, 11) is 0. The van der Waals surface area contributed by atoms with Crippen LogP contribution in [0.5, 0.6) is 5.75 Å². The molecule has 2 heterocycles. The van der Waals surface area contributed by atoms with E-state index >= 15 is 0 Å². The number of ether oxygens (including phenoxy) is 1. The van der Waals surface area contributed by atoms with E-state index in [0.29, 0.717) is 0 Å². The summed E-state index contributed by atoms with van der Waals surface area (Å²) in [5, 5.41) is 2.83. The second-order valence-corrected chi connectivity index (χ2v) is 9.19. The van der Waals surface area contributed by atoms with Gasteiger partial charge in [-0.3, -0.25) is 9.69 Å². The van der Waals surface area contributed by atoms with Gasteiger partial charge in [-0.15, -0.1) is 0 Å². The van der Waals surface area contributed by atoms with Crippen molar-refractivity contribution in [3.63, 3.8) is 0 Å². The summed E-state index contributed by atoms with van der Waals surface area (Å²) in [5.41, 5.74) is 5.02. The van der Waals surface area contributed by atoms with Crippen LogP contribution >= 0.6 is 0 Å². The zero-order valence-corrected chi connectivity index (χ0v) is 19.4. The van der Waals surface area contributed by atoms with Crippen molar-refractivity contribution in [2.45, 2.75) is 52.0 Å². The highest BCUT2D eigenvalue weighted by molar-refractivity contribution is 5.88. The number of fused-ring (bicyclic) bond motifs is 1. The van der Waals surface area contributed by atoms with Gasteiger partial charge in [-0.2, -0.15) is 0 Å². The molecule has 0 aromatic heterocycles. The van der Waals surface area contributed by atoms with Crippen molar-refractivity contribution in [3.8, 4) is 5.75 Å². The molecule has 0 radical (unpaired) electrons. The minimum Gasteiger partial charge on any atom is -0.494 e. The summed E-state index contributed by atoms with van der Waals surface area (Å²) < 4.78 is 6.09. The van der Waals surface area contributed by atoms with Crippen LogP contribution in [0, 0.1) is 0 Å². The summed E-state index contributed by atoms with van der Waals surface area (Å²) in [6.07, 6.45) is 7.34. The molecule has 1 saturated heterocycles. The molecule has 0 spiro atoms. The zero-order valence-electron chi connectivity index (χ0n) is 19.4. The van der Waals surface area contributed by atoms with E-state index in [-0.39, 0.29) is 5.91 Å². The molecule has 2 aliphatic rings. The van der Waals surface area contributed by atoms with E-state index in [1.165, 1.54) is 56.0 Å². The molecule has 0 unspecified atom stereocenters. The smallest absolute Gasteiger partial charge is 0.221 e. The lowest BCUT2D eigenvalue weighted by Gasteiger charge is -2.26. The second kappa shape index (κ2) is 11.5. The normalized spacial score (nSPS) is 17.4. The van der Waals surface area contributed by atoms with Gasteiger partial charge in [0.15, 0.2) is 0 Å². The maximum absolute atomic E-state index is 11.2. The van der Waals surface area contributed by atoms with Crippen LogP contribution < -0.4 is 10.1 Å². The van der Waals surface area contributed by atoms with Gasteiger partial charge in [0.25, 0.3) is 0 Å². The van der Waals surface area contributed by atoms with E-state index in [0.717, 1.165) is 63.5 Å². The molecule has 0 bridgehead atoms. The minimum atomic E-state index is -0.0339. The number of hydrogen-bond acceptors (Lipinski definition) is 4. The Balaban J connectivity index is 1.24. The van der Waals surface area contributed by atoms with Crippen LogP contribution in [0.2, 0.25) is 0 Å². The quantitative estimate of drug-likeness (QED) is 0.620. The molecule has 1 N–H and O–H groups in total. The van der Waals surface area contributed by atoms with E-state index < -0.39 is 0 Å². The Hall–Kier alpha value is -2.37. The molecular weight excluding hydrogens is 398 g/mol. The van der Waals surface area contributed by atoms with Crippen LogP contribution in [0.1, 0.15) is 49.3 Å². The molecule has 0 aliphatic carbocycles. The lowest BCUT2D eigenvalue weighted by atomic mass is 10.0. The Labute approximate surface area is 192 Å². The summed E-state index contributed by atoms with van der Waals surface area (Å²) in [6, 6.07) is 14.9. The van der Waals surface area contributed by atoms with Gasteiger partial charge in [0.05, 0.1) is 6.61 Å². The summed E-state index contributed by atoms with van der Waals surface area (Å²) in [6.45, 7) is 9.07. The number of piperidine rings is 1. The number of nitrogens with one attached hydrogen (secondary N) is 1. The third-order valence-electron chi connectivity index (χ3n) is 6.59. The van der Waals surface area contributed by atoms with Crippen molar-refractivity contribution in [3.05, 3.63) is 59.2 Å². The van der Waals surface area contributed by atoms with E-state index in [1.807, 2.05) is 12.1 Å². The SMILES string of the molecule is CC(=O)Nc1ccc(CN2CCc3ccc(OCCCN4CCCCC4)cc3CC2)cc1. The maximum Gasteiger partial charge on any atom is 0.221 e. The highest BCUT2D eigenvalue weighted by Gasteiger charge is 2.15. The second-order valence-electron chi connectivity index (χ2n) is 9.19. The number of likely N-dealkylation sites (tertiary alicyclic amines) is 1. The van der Waals surface area contributed by atoms with Crippen LogP contribution in [0.25, 0.3) is 0 Å². The fraction of sp³-hybridized carbons (Fsp3) is 0.519. The molecule has 2 aromatic rings. The zero-order chi connectivity index (χ0) is 22.2. The van der Waals surface area contributed by atoms with Gasteiger partial charge in [0, 0.05) is 38.8 Å². The Morgan fingerprint density at radius 1 is 0.906 bits per heavy atom. The summed E-state index contributed by atoms with van der Waals surface area (Å²) >= 11 is 0. The molecule has 5 nitrogen and oxygen atoms in total. The third kappa shape index (κ3) is 6.81. The van der Waals surface area contributed by atoms with Crippen molar-refractivity contribution >= 4 is 11.6 Å².